The lowest BCUT2D eigenvalue weighted by atomic mass is 9.95. The molecule has 8 heteroatoms. The number of benzene rings is 1. The van der Waals surface area contributed by atoms with E-state index in [0.717, 1.165) is 4.90 Å². The van der Waals surface area contributed by atoms with Gasteiger partial charge in [0.25, 0.3) is 11.8 Å². The highest BCUT2D eigenvalue weighted by atomic mass is 16.5. The third-order valence-corrected chi connectivity index (χ3v) is 4.63. The fourth-order valence-electron chi connectivity index (χ4n) is 3.08. The quantitative estimate of drug-likeness (QED) is 0.459. The number of nitriles is 1. The lowest BCUT2D eigenvalue weighted by molar-refractivity contribution is -0.141. The fourth-order valence-corrected chi connectivity index (χ4v) is 3.08. The Kier molecular flexibility index (Phi) is 5.95. The number of carbonyl (C=O) groups is 3. The Morgan fingerprint density at radius 3 is 2.70 bits per heavy atom. The summed E-state index contributed by atoms with van der Waals surface area (Å²) in [7, 11) is 1.30. The minimum absolute atomic E-state index is 0.129. The summed E-state index contributed by atoms with van der Waals surface area (Å²) in [6, 6.07) is 11.8. The molecule has 1 N–H and O–H groups in total. The van der Waals surface area contributed by atoms with Crippen LogP contribution in [-0.2, 0) is 14.3 Å². The van der Waals surface area contributed by atoms with Crippen LogP contribution in [0.2, 0.25) is 0 Å². The van der Waals surface area contributed by atoms with Gasteiger partial charge < -0.3 is 14.3 Å². The van der Waals surface area contributed by atoms with Crippen molar-refractivity contribution in [2.75, 3.05) is 20.3 Å². The number of imide groups is 1. The fraction of sp³-hybridized carbons (Fsp3) is 0.182. The Morgan fingerprint density at radius 1 is 1.27 bits per heavy atom. The monoisotopic (exact) mass is 406 g/mol. The van der Waals surface area contributed by atoms with Crippen LogP contribution in [0.1, 0.15) is 23.0 Å². The molecular weight excluding hydrogens is 388 g/mol. The van der Waals surface area contributed by atoms with Crippen LogP contribution >= 0.6 is 0 Å². The number of hydrogen-bond donors (Lipinski definition) is 1. The van der Waals surface area contributed by atoms with Gasteiger partial charge in [-0.1, -0.05) is 12.1 Å². The maximum atomic E-state index is 12.7. The van der Waals surface area contributed by atoms with Crippen molar-refractivity contribution in [3.8, 4) is 17.4 Å². The summed E-state index contributed by atoms with van der Waals surface area (Å²) in [6.45, 7) is 0.890. The number of ether oxygens (including phenoxy) is 1. The van der Waals surface area contributed by atoms with E-state index in [1.165, 1.54) is 20.1 Å². The molecule has 0 saturated heterocycles. The molecule has 1 aliphatic rings. The Labute approximate surface area is 172 Å². The van der Waals surface area contributed by atoms with Crippen LogP contribution in [-0.4, -0.2) is 48.1 Å². The third-order valence-electron chi connectivity index (χ3n) is 4.63. The molecule has 0 spiro atoms. The van der Waals surface area contributed by atoms with Crippen LogP contribution < -0.4 is 0 Å². The number of furan rings is 1. The Hall–Kier alpha value is -3.96. The van der Waals surface area contributed by atoms with E-state index in [1.807, 2.05) is 6.07 Å². The number of aliphatic hydroxyl groups is 1. The van der Waals surface area contributed by atoms with E-state index < -0.39 is 24.4 Å². The normalized spacial score (nSPS) is 15.5. The van der Waals surface area contributed by atoms with E-state index in [2.05, 4.69) is 0 Å². The molecule has 8 nitrogen and oxygen atoms in total. The van der Waals surface area contributed by atoms with Crippen molar-refractivity contribution in [2.24, 2.45) is 0 Å². The molecule has 30 heavy (non-hydrogen) atoms. The van der Waals surface area contributed by atoms with E-state index in [9.17, 15) is 19.6 Å². The number of aliphatic hydroxyl groups excluding tert-OH is 1. The first-order chi connectivity index (χ1) is 14.4. The lowest BCUT2D eigenvalue weighted by Crippen LogP contribution is -2.44. The second-order valence-electron chi connectivity index (χ2n) is 6.43. The average molecular weight is 406 g/mol. The molecule has 0 bridgehead atoms. The summed E-state index contributed by atoms with van der Waals surface area (Å²) in [5.41, 5.74) is 1.21. The van der Waals surface area contributed by atoms with E-state index in [-0.39, 0.29) is 23.3 Å². The molecule has 0 unspecified atom stereocenters. The maximum Gasteiger partial charge on any atom is 0.337 e. The van der Waals surface area contributed by atoms with Gasteiger partial charge in [-0.15, -0.1) is 0 Å². The highest BCUT2D eigenvalue weighted by Crippen LogP contribution is 2.29. The number of amides is 2. The molecule has 0 saturated carbocycles. The second-order valence-corrected chi connectivity index (χ2v) is 6.43. The van der Waals surface area contributed by atoms with Crippen molar-refractivity contribution in [1.82, 2.24) is 4.90 Å². The SMILES string of the molecule is COC(=O)c1cccc(-c2ccc(/C=C3/C(=O)N(CCO)C(=O)C(C#N)=C3C)o2)c1. The van der Waals surface area contributed by atoms with Gasteiger partial charge in [-0.25, -0.2) is 4.79 Å². The number of β-amino-alcohol motifs (C(OH)–C–C–N with tert-alkyl or cyclic N) is 1. The van der Waals surface area contributed by atoms with Crippen LogP contribution in [0.15, 0.2) is 57.5 Å². The topological polar surface area (TPSA) is 121 Å². The molecule has 2 heterocycles. The van der Waals surface area contributed by atoms with Gasteiger partial charge in [0, 0.05) is 11.1 Å². The molecule has 0 radical (unpaired) electrons. The highest BCUT2D eigenvalue weighted by Gasteiger charge is 2.35. The molecule has 152 valence electrons. The highest BCUT2D eigenvalue weighted by molar-refractivity contribution is 6.19. The number of nitrogens with zero attached hydrogens (tertiary/aromatic N) is 2. The third kappa shape index (κ3) is 3.79. The van der Waals surface area contributed by atoms with Gasteiger partial charge in [-0.3, -0.25) is 14.5 Å². The maximum absolute atomic E-state index is 12.7. The van der Waals surface area contributed by atoms with E-state index in [1.54, 1.807) is 36.4 Å². The molecule has 0 aliphatic carbocycles. The second kappa shape index (κ2) is 8.59. The summed E-state index contributed by atoms with van der Waals surface area (Å²) in [5.74, 6) is -1.04. The van der Waals surface area contributed by atoms with Crippen molar-refractivity contribution in [3.05, 3.63) is 64.4 Å². The number of carbonyl (C=O) groups excluding carboxylic acids is 3. The summed E-state index contributed by atoms with van der Waals surface area (Å²) < 4.78 is 10.5. The van der Waals surface area contributed by atoms with Crippen LogP contribution in [0.4, 0.5) is 0 Å². The summed E-state index contributed by atoms with van der Waals surface area (Å²) in [4.78, 5) is 37.6. The Morgan fingerprint density at radius 2 is 2.03 bits per heavy atom. The van der Waals surface area contributed by atoms with Gasteiger partial charge in [-0.05, 0) is 42.8 Å². The number of esters is 1. The molecule has 2 amide bonds. The zero-order valence-corrected chi connectivity index (χ0v) is 16.3. The zero-order chi connectivity index (χ0) is 21.8. The zero-order valence-electron chi connectivity index (χ0n) is 16.3. The number of methoxy groups -OCH3 is 1. The summed E-state index contributed by atoms with van der Waals surface area (Å²) >= 11 is 0. The molecule has 0 atom stereocenters. The van der Waals surface area contributed by atoms with Crippen molar-refractivity contribution >= 4 is 23.9 Å². The van der Waals surface area contributed by atoms with Crippen molar-refractivity contribution in [1.29, 1.82) is 5.26 Å². The molecule has 1 aromatic carbocycles. The van der Waals surface area contributed by atoms with Gasteiger partial charge in [0.05, 0.1) is 25.8 Å². The average Bonchev–Trinajstić information content (AvgIpc) is 3.23. The van der Waals surface area contributed by atoms with E-state index in [0.29, 0.717) is 22.6 Å². The van der Waals surface area contributed by atoms with Crippen LogP contribution in [0, 0.1) is 11.3 Å². The van der Waals surface area contributed by atoms with E-state index in [4.69, 9.17) is 14.3 Å². The minimum Gasteiger partial charge on any atom is -0.465 e. The van der Waals surface area contributed by atoms with Crippen LogP contribution in [0.3, 0.4) is 0 Å². The van der Waals surface area contributed by atoms with Gasteiger partial charge >= 0.3 is 5.97 Å². The molecule has 2 aromatic rings. The predicted octanol–water partition coefficient (Wildman–Crippen LogP) is 2.32. The Bertz CT molecular complexity index is 1130. The van der Waals surface area contributed by atoms with Gasteiger partial charge in [0.15, 0.2) is 0 Å². The van der Waals surface area contributed by atoms with Gasteiger partial charge in [0.2, 0.25) is 0 Å². The summed E-state index contributed by atoms with van der Waals surface area (Å²) in [6.07, 6.45) is 1.44. The summed E-state index contributed by atoms with van der Waals surface area (Å²) in [5, 5.41) is 18.5. The minimum atomic E-state index is -0.731. The first-order valence-electron chi connectivity index (χ1n) is 9.00. The first kappa shape index (κ1) is 20.8. The molecule has 0 fully saturated rings. The standard InChI is InChI=1S/C22H18N2O6/c1-13-17(20(26)24(8-9-25)21(27)18(13)12-23)11-16-6-7-19(30-16)14-4-3-5-15(10-14)22(28)29-2/h3-7,10-11,25H,8-9H2,1-2H3/b17-11+. The van der Waals surface area contributed by atoms with Crippen molar-refractivity contribution in [3.63, 3.8) is 0 Å². The largest absolute Gasteiger partial charge is 0.465 e. The molecular formula is C22H18N2O6. The van der Waals surface area contributed by atoms with Crippen molar-refractivity contribution in [2.45, 2.75) is 6.92 Å². The van der Waals surface area contributed by atoms with Crippen molar-refractivity contribution < 1.29 is 28.6 Å². The number of hydrogen-bond acceptors (Lipinski definition) is 7. The first-order valence-corrected chi connectivity index (χ1v) is 9.00. The van der Waals surface area contributed by atoms with Gasteiger partial charge in [0.1, 0.15) is 23.2 Å². The smallest absolute Gasteiger partial charge is 0.337 e. The molecule has 3 rings (SSSR count). The Balaban J connectivity index is 2.00. The van der Waals surface area contributed by atoms with Gasteiger partial charge in [-0.2, -0.15) is 5.26 Å². The lowest BCUT2D eigenvalue weighted by Gasteiger charge is -2.26. The number of rotatable bonds is 5. The van der Waals surface area contributed by atoms with Crippen LogP contribution in [0.5, 0.6) is 0 Å². The molecule has 1 aliphatic heterocycles. The predicted molar refractivity (Wildman–Crippen MR) is 106 cm³/mol. The van der Waals surface area contributed by atoms with Crippen LogP contribution in [0.25, 0.3) is 17.4 Å². The molecule has 1 aromatic heterocycles. The van der Waals surface area contributed by atoms with E-state index >= 15 is 0 Å².